The van der Waals surface area contributed by atoms with Gasteiger partial charge in [0.2, 0.25) is 0 Å². The number of unbranched alkanes of at least 4 members (excludes halogenated alkanes) is 23. The lowest BCUT2D eigenvalue weighted by atomic mass is 10.1. The predicted octanol–water partition coefficient (Wildman–Crippen LogP) is 15.7. The Hall–Kier alpha value is -2.89. The van der Waals surface area contributed by atoms with Crippen LogP contribution < -0.4 is 0 Å². The maximum absolute atomic E-state index is 12.7. The van der Waals surface area contributed by atoms with E-state index in [1.807, 2.05) is 0 Å². The van der Waals surface area contributed by atoms with E-state index in [0.29, 0.717) is 19.3 Å². The average Bonchev–Trinajstić information content (AvgIpc) is 3.22. The Morgan fingerprint density at radius 2 is 0.724 bits per heavy atom. The van der Waals surface area contributed by atoms with Crippen molar-refractivity contribution in [1.29, 1.82) is 0 Å². The molecule has 1 atom stereocenters. The molecule has 0 fully saturated rings. The zero-order chi connectivity index (χ0) is 42.3. The number of ether oxygens (including phenoxy) is 3. The fourth-order valence-electron chi connectivity index (χ4n) is 6.62. The number of rotatable bonds is 43. The summed E-state index contributed by atoms with van der Waals surface area (Å²) in [6.07, 6.45) is 56.2. The van der Waals surface area contributed by atoms with Crippen LogP contribution in [0.1, 0.15) is 233 Å². The highest BCUT2D eigenvalue weighted by atomic mass is 16.6. The SMILES string of the molecule is CC/C=C\C/C=C\C/C=C\CCCCCCC(=O)OC(COC(=O)CCCCCCCC/C=C\C=C/CCCCC)COC(=O)CCCCCCCCCCCCC. The smallest absolute Gasteiger partial charge is 0.306 e. The third-order valence-corrected chi connectivity index (χ3v) is 10.3. The first-order valence-electron chi connectivity index (χ1n) is 24.3. The summed E-state index contributed by atoms with van der Waals surface area (Å²) in [6, 6.07) is 0. The van der Waals surface area contributed by atoms with Gasteiger partial charge in [-0.15, -0.1) is 0 Å². The summed E-state index contributed by atoms with van der Waals surface area (Å²) in [5, 5.41) is 0. The molecule has 0 saturated heterocycles. The molecule has 0 saturated carbocycles. The Balaban J connectivity index is 4.43. The molecule has 0 amide bonds. The predicted molar refractivity (Wildman–Crippen MR) is 247 cm³/mol. The molecule has 0 aromatic heterocycles. The number of carbonyl (C=O) groups is 3. The van der Waals surface area contributed by atoms with Gasteiger partial charge in [-0.05, 0) is 77.0 Å². The molecular formula is C52H90O6. The molecule has 0 N–H and O–H groups in total. The summed E-state index contributed by atoms with van der Waals surface area (Å²) in [4.78, 5) is 37.8. The minimum absolute atomic E-state index is 0.0860. The van der Waals surface area contributed by atoms with E-state index in [1.54, 1.807) is 0 Å². The van der Waals surface area contributed by atoms with E-state index >= 15 is 0 Å². The fourth-order valence-corrected chi connectivity index (χ4v) is 6.62. The van der Waals surface area contributed by atoms with E-state index in [0.717, 1.165) is 96.3 Å². The lowest BCUT2D eigenvalue weighted by Gasteiger charge is -2.18. The van der Waals surface area contributed by atoms with Crippen LogP contribution in [0, 0.1) is 0 Å². The van der Waals surface area contributed by atoms with Gasteiger partial charge in [0.05, 0.1) is 0 Å². The molecule has 1 unspecified atom stereocenters. The quantitative estimate of drug-likeness (QED) is 0.0201. The largest absolute Gasteiger partial charge is 0.462 e. The molecule has 0 bridgehead atoms. The zero-order valence-corrected chi connectivity index (χ0v) is 38.0. The Morgan fingerprint density at radius 3 is 1.19 bits per heavy atom. The van der Waals surface area contributed by atoms with Crippen molar-refractivity contribution in [1.82, 2.24) is 0 Å². The van der Waals surface area contributed by atoms with Gasteiger partial charge in [0.1, 0.15) is 13.2 Å². The van der Waals surface area contributed by atoms with E-state index in [2.05, 4.69) is 81.5 Å². The Bertz CT molecular complexity index is 1070. The normalized spacial score (nSPS) is 12.5. The molecule has 0 aliphatic rings. The lowest BCUT2D eigenvalue weighted by Crippen LogP contribution is -2.30. The third kappa shape index (κ3) is 44.2. The monoisotopic (exact) mass is 811 g/mol. The first-order chi connectivity index (χ1) is 28.5. The van der Waals surface area contributed by atoms with Crippen LogP contribution in [0.2, 0.25) is 0 Å². The first-order valence-corrected chi connectivity index (χ1v) is 24.3. The van der Waals surface area contributed by atoms with Gasteiger partial charge in [0.15, 0.2) is 6.10 Å². The van der Waals surface area contributed by atoms with Crippen molar-refractivity contribution < 1.29 is 28.6 Å². The van der Waals surface area contributed by atoms with E-state index in [4.69, 9.17) is 14.2 Å². The number of esters is 3. The second kappa shape index (κ2) is 46.8. The molecule has 0 radical (unpaired) electrons. The number of hydrogen-bond acceptors (Lipinski definition) is 6. The van der Waals surface area contributed by atoms with E-state index in [9.17, 15) is 14.4 Å². The van der Waals surface area contributed by atoms with Crippen molar-refractivity contribution in [2.45, 2.75) is 239 Å². The minimum Gasteiger partial charge on any atom is -0.462 e. The second-order valence-corrected chi connectivity index (χ2v) is 16.0. The molecule has 58 heavy (non-hydrogen) atoms. The van der Waals surface area contributed by atoms with E-state index in [-0.39, 0.29) is 31.1 Å². The highest BCUT2D eigenvalue weighted by Gasteiger charge is 2.19. The fraction of sp³-hybridized carbons (Fsp3) is 0.750. The van der Waals surface area contributed by atoms with Gasteiger partial charge < -0.3 is 14.2 Å². The van der Waals surface area contributed by atoms with Gasteiger partial charge in [-0.25, -0.2) is 0 Å². The van der Waals surface area contributed by atoms with Crippen LogP contribution in [0.15, 0.2) is 60.8 Å². The molecule has 0 rings (SSSR count). The number of allylic oxidation sites excluding steroid dienone is 10. The van der Waals surface area contributed by atoms with Gasteiger partial charge in [-0.1, -0.05) is 197 Å². The number of carbonyl (C=O) groups excluding carboxylic acids is 3. The molecule has 0 aromatic carbocycles. The zero-order valence-electron chi connectivity index (χ0n) is 38.0. The summed E-state index contributed by atoms with van der Waals surface area (Å²) >= 11 is 0. The Morgan fingerprint density at radius 1 is 0.379 bits per heavy atom. The van der Waals surface area contributed by atoms with Crippen molar-refractivity contribution in [3.05, 3.63) is 60.8 Å². The van der Waals surface area contributed by atoms with Crippen molar-refractivity contribution in [2.24, 2.45) is 0 Å². The third-order valence-electron chi connectivity index (χ3n) is 10.3. The van der Waals surface area contributed by atoms with E-state index in [1.165, 1.54) is 96.3 Å². The minimum atomic E-state index is -0.787. The van der Waals surface area contributed by atoms with Crippen LogP contribution in [-0.4, -0.2) is 37.2 Å². The molecule has 0 spiro atoms. The highest BCUT2D eigenvalue weighted by molar-refractivity contribution is 5.71. The molecule has 6 nitrogen and oxygen atoms in total. The van der Waals surface area contributed by atoms with Crippen molar-refractivity contribution in [3.63, 3.8) is 0 Å². The van der Waals surface area contributed by atoms with E-state index < -0.39 is 6.10 Å². The maximum atomic E-state index is 12.7. The molecule has 0 aliphatic heterocycles. The van der Waals surface area contributed by atoms with Crippen LogP contribution in [0.3, 0.4) is 0 Å². The summed E-state index contributed by atoms with van der Waals surface area (Å²) in [5.74, 6) is -0.920. The van der Waals surface area contributed by atoms with Crippen molar-refractivity contribution >= 4 is 17.9 Å². The Labute approximate surface area is 358 Å². The Kier molecular flexibility index (Phi) is 44.5. The summed E-state index contributed by atoms with van der Waals surface area (Å²) in [7, 11) is 0. The number of hydrogen-bond donors (Lipinski definition) is 0. The van der Waals surface area contributed by atoms with Gasteiger partial charge >= 0.3 is 17.9 Å². The molecule has 6 heteroatoms. The van der Waals surface area contributed by atoms with Gasteiger partial charge in [0, 0.05) is 19.3 Å². The van der Waals surface area contributed by atoms with Crippen LogP contribution in [0.5, 0.6) is 0 Å². The van der Waals surface area contributed by atoms with Crippen LogP contribution in [0.25, 0.3) is 0 Å². The first kappa shape index (κ1) is 55.1. The van der Waals surface area contributed by atoms with Gasteiger partial charge in [-0.2, -0.15) is 0 Å². The van der Waals surface area contributed by atoms with Crippen LogP contribution in [-0.2, 0) is 28.6 Å². The van der Waals surface area contributed by atoms with Crippen molar-refractivity contribution in [2.75, 3.05) is 13.2 Å². The molecular weight excluding hydrogens is 721 g/mol. The maximum Gasteiger partial charge on any atom is 0.306 e. The summed E-state index contributed by atoms with van der Waals surface area (Å²) < 4.78 is 16.7. The molecule has 0 aromatic rings. The van der Waals surface area contributed by atoms with Crippen LogP contribution >= 0.6 is 0 Å². The molecule has 334 valence electrons. The standard InChI is InChI=1S/C52H90O6/c1-4-7-10-13-16-19-22-24-26-28-30-33-36-39-42-45-51(54)57-48-49(47-56-50(53)44-41-38-35-32-29-21-18-15-12-9-6-3)58-52(55)46-43-40-37-34-31-27-25-23-20-17-14-11-8-5-2/h8,11,16-17,19-20,22,24-25,27,49H,4-7,9-10,12-15,18,21,23,26,28-48H2,1-3H3/b11-8-,19-16-,20-17-,24-22-,27-25-. The second-order valence-electron chi connectivity index (χ2n) is 16.0. The summed E-state index contributed by atoms with van der Waals surface area (Å²) in [5.41, 5.74) is 0. The summed E-state index contributed by atoms with van der Waals surface area (Å²) in [6.45, 7) is 6.45. The van der Waals surface area contributed by atoms with Crippen molar-refractivity contribution in [3.8, 4) is 0 Å². The van der Waals surface area contributed by atoms with Gasteiger partial charge in [-0.3, -0.25) is 14.4 Å². The topological polar surface area (TPSA) is 78.9 Å². The van der Waals surface area contributed by atoms with Gasteiger partial charge in [0.25, 0.3) is 0 Å². The molecule has 0 aliphatic carbocycles. The highest BCUT2D eigenvalue weighted by Crippen LogP contribution is 2.14. The lowest BCUT2D eigenvalue weighted by molar-refractivity contribution is -0.167. The average molecular weight is 811 g/mol. The van der Waals surface area contributed by atoms with Crippen LogP contribution in [0.4, 0.5) is 0 Å². The molecule has 0 heterocycles.